The van der Waals surface area contributed by atoms with Crippen molar-refractivity contribution in [3.8, 4) is 0 Å². The summed E-state index contributed by atoms with van der Waals surface area (Å²) in [6.45, 7) is 4.75. The van der Waals surface area contributed by atoms with Gasteiger partial charge >= 0.3 is 0 Å². The number of allylic oxidation sites excluding steroid dienone is 1. The minimum absolute atomic E-state index is 0.0428. The first-order chi connectivity index (χ1) is 12.3. The van der Waals surface area contributed by atoms with Crippen LogP contribution in [0.1, 0.15) is 58.8 Å². The van der Waals surface area contributed by atoms with E-state index >= 15 is 0 Å². The molecule has 0 aromatic rings. The zero-order valence-corrected chi connectivity index (χ0v) is 16.4. The molecule has 5 aliphatic rings. The van der Waals surface area contributed by atoms with Crippen LogP contribution in [0, 0.1) is 34.5 Å². The first-order valence-corrected chi connectivity index (χ1v) is 10.7. The molecule has 26 heavy (non-hydrogen) atoms. The number of fused-ring (bicyclic) bond motifs is 5. The zero-order chi connectivity index (χ0) is 18.3. The second-order valence-electron chi connectivity index (χ2n) is 10.3. The van der Waals surface area contributed by atoms with Crippen molar-refractivity contribution in [3.05, 3.63) is 23.8 Å². The molecule has 1 aliphatic heterocycles. The average molecular weight is 356 g/mol. The quantitative estimate of drug-likeness (QED) is 0.724. The van der Waals surface area contributed by atoms with Crippen molar-refractivity contribution >= 4 is 5.91 Å². The molecule has 0 bridgehead atoms. The lowest BCUT2D eigenvalue weighted by Gasteiger charge is -2.60. The molecule has 7 atom stereocenters. The number of carbonyl (C=O) groups is 1. The maximum atomic E-state index is 12.5. The molecule has 1 N–H and O–H groups in total. The lowest BCUT2D eigenvalue weighted by Crippen LogP contribution is -2.60. The minimum atomic E-state index is -0.124. The SMILES string of the molecule is CN1C(=O)C=C[C@]2(C)[C@H]3CC[C@]4(C)[C@@H](O)CC[C@H]4[C@@H]3C/C(=C\C3CC3)[C@@H]12. The maximum Gasteiger partial charge on any atom is 0.246 e. The molecule has 4 aliphatic carbocycles. The van der Waals surface area contributed by atoms with Gasteiger partial charge in [0, 0.05) is 12.5 Å². The summed E-state index contributed by atoms with van der Waals surface area (Å²) >= 11 is 0. The second-order valence-corrected chi connectivity index (χ2v) is 10.3. The molecule has 5 rings (SSSR count). The fourth-order valence-electron chi connectivity index (χ4n) is 7.40. The van der Waals surface area contributed by atoms with Gasteiger partial charge in [-0.05, 0) is 80.1 Å². The van der Waals surface area contributed by atoms with Gasteiger partial charge in [0.2, 0.25) is 5.91 Å². The fourth-order valence-corrected chi connectivity index (χ4v) is 7.40. The average Bonchev–Trinajstić information content (AvgIpc) is 3.36. The van der Waals surface area contributed by atoms with Crippen LogP contribution >= 0.6 is 0 Å². The Morgan fingerprint density at radius 3 is 2.65 bits per heavy atom. The third kappa shape index (κ3) is 2.19. The van der Waals surface area contributed by atoms with Crippen molar-refractivity contribution in [3.63, 3.8) is 0 Å². The number of hydrogen-bond donors (Lipinski definition) is 1. The topological polar surface area (TPSA) is 40.5 Å². The van der Waals surface area contributed by atoms with Crippen LogP contribution in [-0.4, -0.2) is 35.1 Å². The van der Waals surface area contributed by atoms with Crippen LogP contribution in [0.2, 0.25) is 0 Å². The van der Waals surface area contributed by atoms with Gasteiger partial charge in [0.25, 0.3) is 0 Å². The molecular formula is C23H33NO2. The van der Waals surface area contributed by atoms with Gasteiger partial charge in [-0.1, -0.05) is 31.6 Å². The highest BCUT2D eigenvalue weighted by atomic mass is 16.3. The highest BCUT2D eigenvalue weighted by molar-refractivity contribution is 5.89. The number of rotatable bonds is 1. The molecule has 1 heterocycles. The number of aliphatic hydroxyl groups excluding tert-OH is 1. The summed E-state index contributed by atoms with van der Waals surface area (Å²) in [5.74, 6) is 2.81. The smallest absolute Gasteiger partial charge is 0.246 e. The number of amides is 1. The van der Waals surface area contributed by atoms with E-state index in [1.165, 1.54) is 31.3 Å². The third-order valence-corrected chi connectivity index (χ3v) is 8.99. The molecule has 0 unspecified atom stereocenters. The van der Waals surface area contributed by atoms with Crippen molar-refractivity contribution < 1.29 is 9.90 Å². The van der Waals surface area contributed by atoms with Gasteiger partial charge in [-0.3, -0.25) is 4.79 Å². The number of aliphatic hydroxyl groups is 1. The lowest BCUT2D eigenvalue weighted by atomic mass is 9.47. The van der Waals surface area contributed by atoms with E-state index in [1.54, 1.807) is 0 Å². The van der Waals surface area contributed by atoms with Crippen LogP contribution in [0.15, 0.2) is 23.8 Å². The minimum Gasteiger partial charge on any atom is -0.393 e. The Hall–Kier alpha value is -1.09. The van der Waals surface area contributed by atoms with Gasteiger partial charge in [-0.2, -0.15) is 0 Å². The first kappa shape index (κ1) is 17.0. The van der Waals surface area contributed by atoms with Crippen molar-refractivity contribution in [2.24, 2.45) is 34.5 Å². The largest absolute Gasteiger partial charge is 0.393 e. The Labute approximate surface area is 157 Å². The Morgan fingerprint density at radius 2 is 1.92 bits per heavy atom. The standard InChI is InChI=1S/C23H33NO2/c1-22-10-8-18-16(17(22)6-7-19(22)25)13-15(12-14-4-5-14)21-23(18,2)11-9-20(26)24(21)3/h9,11-12,14,16-19,21,25H,4-8,10,13H2,1-3H3/b15-12+/t16-,17-,18-,19-,21+,22-,23+/m0/s1. The molecule has 0 radical (unpaired) electrons. The molecular weight excluding hydrogens is 322 g/mol. The Kier molecular flexibility index (Phi) is 3.58. The number of hydrogen-bond acceptors (Lipinski definition) is 2. The van der Waals surface area contributed by atoms with Crippen molar-refractivity contribution in [1.82, 2.24) is 4.90 Å². The molecule has 4 fully saturated rings. The van der Waals surface area contributed by atoms with E-state index in [9.17, 15) is 9.90 Å². The monoisotopic (exact) mass is 355 g/mol. The van der Waals surface area contributed by atoms with Crippen molar-refractivity contribution in [2.45, 2.75) is 70.9 Å². The molecule has 142 valence electrons. The van der Waals surface area contributed by atoms with E-state index in [1.807, 2.05) is 18.0 Å². The number of carbonyl (C=O) groups excluding carboxylic acids is 1. The van der Waals surface area contributed by atoms with Gasteiger partial charge in [-0.15, -0.1) is 0 Å². The third-order valence-electron chi connectivity index (χ3n) is 8.99. The Balaban J connectivity index is 1.59. The van der Waals surface area contributed by atoms with Gasteiger partial charge in [0.05, 0.1) is 12.1 Å². The number of likely N-dealkylation sites (N-methyl/N-ethyl adjacent to an activating group) is 1. The van der Waals surface area contributed by atoms with E-state index in [4.69, 9.17) is 0 Å². The Morgan fingerprint density at radius 1 is 1.15 bits per heavy atom. The highest BCUT2D eigenvalue weighted by Gasteiger charge is 2.61. The molecule has 3 heteroatoms. The second kappa shape index (κ2) is 5.47. The predicted molar refractivity (Wildman–Crippen MR) is 102 cm³/mol. The van der Waals surface area contributed by atoms with Crippen LogP contribution in [0.4, 0.5) is 0 Å². The van der Waals surface area contributed by atoms with E-state index in [0.29, 0.717) is 17.8 Å². The highest BCUT2D eigenvalue weighted by Crippen LogP contribution is 2.65. The number of nitrogens with zero attached hydrogens (tertiary/aromatic N) is 1. The van der Waals surface area contributed by atoms with Gasteiger partial charge in [0.1, 0.15) is 0 Å². The molecule has 0 saturated heterocycles. The van der Waals surface area contributed by atoms with E-state index in [2.05, 4.69) is 26.0 Å². The van der Waals surface area contributed by atoms with Crippen LogP contribution in [0.5, 0.6) is 0 Å². The lowest BCUT2D eigenvalue weighted by molar-refractivity contribution is -0.135. The van der Waals surface area contributed by atoms with Gasteiger partial charge in [-0.25, -0.2) is 0 Å². The summed E-state index contributed by atoms with van der Waals surface area (Å²) in [5.41, 5.74) is 1.66. The van der Waals surface area contributed by atoms with Crippen molar-refractivity contribution in [1.29, 1.82) is 0 Å². The van der Waals surface area contributed by atoms with Gasteiger partial charge < -0.3 is 10.0 Å². The predicted octanol–water partition coefficient (Wildman–Crippen LogP) is 3.93. The van der Waals surface area contributed by atoms with Crippen LogP contribution in [0.3, 0.4) is 0 Å². The van der Waals surface area contributed by atoms with Crippen LogP contribution < -0.4 is 0 Å². The summed E-state index contributed by atoms with van der Waals surface area (Å²) in [5, 5.41) is 10.7. The fraction of sp³-hybridized carbons (Fsp3) is 0.783. The molecule has 0 aromatic carbocycles. The molecule has 3 nitrogen and oxygen atoms in total. The zero-order valence-electron chi connectivity index (χ0n) is 16.4. The summed E-state index contributed by atoms with van der Waals surface area (Å²) in [7, 11) is 2.00. The Bertz CT molecular complexity index is 692. The van der Waals surface area contributed by atoms with Crippen LogP contribution in [-0.2, 0) is 4.79 Å². The van der Waals surface area contributed by atoms with Crippen molar-refractivity contribution in [2.75, 3.05) is 7.05 Å². The van der Waals surface area contributed by atoms with Crippen LogP contribution in [0.25, 0.3) is 0 Å². The van der Waals surface area contributed by atoms with E-state index in [-0.39, 0.29) is 28.9 Å². The molecule has 0 spiro atoms. The molecule has 1 amide bonds. The summed E-state index contributed by atoms with van der Waals surface area (Å²) in [6, 6.07) is 0.234. The summed E-state index contributed by atoms with van der Waals surface area (Å²) in [4.78, 5) is 14.5. The molecule has 4 saturated carbocycles. The molecule has 0 aromatic heterocycles. The normalized spacial score (nSPS) is 52.0. The maximum absolute atomic E-state index is 12.5. The summed E-state index contributed by atoms with van der Waals surface area (Å²) < 4.78 is 0. The van der Waals surface area contributed by atoms with E-state index < -0.39 is 0 Å². The van der Waals surface area contributed by atoms with Gasteiger partial charge in [0.15, 0.2) is 0 Å². The van der Waals surface area contributed by atoms with E-state index in [0.717, 1.165) is 25.2 Å². The summed E-state index contributed by atoms with van der Waals surface area (Å²) in [6.07, 6.45) is 14.7. The first-order valence-electron chi connectivity index (χ1n) is 10.7.